The molecule has 0 saturated heterocycles. The summed E-state index contributed by atoms with van der Waals surface area (Å²) in [4.78, 5) is 18.4. The number of aromatic nitrogens is 6. The van der Waals surface area contributed by atoms with Crippen LogP contribution in [0.2, 0.25) is 0 Å². The van der Waals surface area contributed by atoms with E-state index >= 15 is 8.78 Å². The average Bonchev–Trinajstić information content (AvgIpc) is 3.55. The van der Waals surface area contributed by atoms with Crippen molar-refractivity contribution in [2.45, 2.75) is 63.1 Å². The number of aliphatic hydroxyl groups is 1. The maximum absolute atomic E-state index is 15.2. The molecule has 10 nitrogen and oxygen atoms in total. The lowest BCUT2D eigenvalue weighted by molar-refractivity contribution is -0.123. The number of nitrogen functional groups attached to an aromatic ring is 1. The number of benzene rings is 1. The topological polar surface area (TPSA) is 136 Å². The lowest BCUT2D eigenvalue weighted by Gasteiger charge is -2.23. The number of nitrogens with one attached hydrogen (secondary N) is 1. The number of rotatable bonds is 8. The quantitative estimate of drug-likeness (QED) is 0.150. The number of nitrogens with two attached hydrogens (primary N) is 1. The molecule has 4 heterocycles. The molecular formula is C34H28F6N8O2. The second-order valence-corrected chi connectivity index (χ2v) is 12.9. The van der Waals surface area contributed by atoms with Gasteiger partial charge in [-0.05, 0) is 80.5 Å². The van der Waals surface area contributed by atoms with Crippen LogP contribution >= 0.6 is 0 Å². The van der Waals surface area contributed by atoms with Crippen LogP contribution in [0.25, 0.3) is 16.8 Å². The molecule has 1 fully saturated rings. The number of carbonyl (C=O) groups is 1. The number of amides is 1. The van der Waals surface area contributed by atoms with E-state index in [0.717, 1.165) is 12.1 Å². The van der Waals surface area contributed by atoms with Gasteiger partial charge in [0.25, 0.3) is 12.3 Å². The predicted octanol–water partition coefficient (Wildman–Crippen LogP) is 5.22. The van der Waals surface area contributed by atoms with Crippen molar-refractivity contribution in [2.24, 2.45) is 5.92 Å². The van der Waals surface area contributed by atoms with Crippen LogP contribution in [0.5, 0.6) is 0 Å². The van der Waals surface area contributed by atoms with Crippen LogP contribution in [-0.4, -0.2) is 46.0 Å². The van der Waals surface area contributed by atoms with Gasteiger partial charge in [-0.2, -0.15) is 13.9 Å². The lowest BCUT2D eigenvalue weighted by Crippen LogP contribution is -2.35. The van der Waals surface area contributed by atoms with Gasteiger partial charge in [0.2, 0.25) is 11.9 Å². The lowest BCUT2D eigenvalue weighted by atomic mass is 9.95. The van der Waals surface area contributed by atoms with Crippen LogP contribution < -0.4 is 11.1 Å². The van der Waals surface area contributed by atoms with E-state index in [-0.39, 0.29) is 41.3 Å². The molecule has 2 aliphatic rings. The molecule has 2 aliphatic carbocycles. The number of alkyl halides is 4. The van der Waals surface area contributed by atoms with Crippen molar-refractivity contribution in [3.8, 4) is 23.0 Å². The first-order valence-corrected chi connectivity index (χ1v) is 15.5. The number of pyridine rings is 2. The van der Waals surface area contributed by atoms with Gasteiger partial charge in [0, 0.05) is 34.9 Å². The molecule has 1 aromatic carbocycles. The van der Waals surface area contributed by atoms with Gasteiger partial charge in [0.1, 0.15) is 40.9 Å². The second-order valence-electron chi connectivity index (χ2n) is 12.9. The summed E-state index contributed by atoms with van der Waals surface area (Å²) in [6.45, 7) is 2.08. The maximum Gasteiger partial charge on any atom is 0.293 e. The molecule has 16 heteroatoms. The molecular weight excluding hydrogens is 666 g/mol. The van der Waals surface area contributed by atoms with Gasteiger partial charge < -0.3 is 16.2 Å². The van der Waals surface area contributed by atoms with E-state index in [9.17, 15) is 27.5 Å². The first kappa shape index (κ1) is 33.1. The Balaban J connectivity index is 1.32. The summed E-state index contributed by atoms with van der Waals surface area (Å²) in [5.41, 5.74) is 4.61. The standard InChI is InChI=1S/C34H28F6N8O2/c1-33(2,50)8-7-20-4-5-21(17-3-6-25-44-45-32(41)47(25)14-17)28(42-20)24(11-16-9-18(35)12-19(36)10-16)43-26(49)15-48-30-27(29(46-48)31(37)38)22-13-23(22)34(30,39)40/h3-6,9-10,12,14,22-24,31,50H,11,13,15H2,1-2H3,(H2,41,45)(H,43,49). The average molecular weight is 695 g/mol. The highest BCUT2D eigenvalue weighted by atomic mass is 19.3. The van der Waals surface area contributed by atoms with Crippen LogP contribution in [0.3, 0.4) is 0 Å². The van der Waals surface area contributed by atoms with E-state index in [1.165, 1.54) is 18.2 Å². The van der Waals surface area contributed by atoms with E-state index in [2.05, 4.69) is 37.4 Å². The normalized spacial score (nSPS) is 18.0. The van der Waals surface area contributed by atoms with Gasteiger partial charge >= 0.3 is 0 Å². The van der Waals surface area contributed by atoms with Crippen LogP contribution in [0, 0.1) is 29.4 Å². The Hall–Kier alpha value is -5.43. The van der Waals surface area contributed by atoms with E-state index < -0.39 is 71.3 Å². The van der Waals surface area contributed by atoms with Crippen LogP contribution in [0.4, 0.5) is 32.3 Å². The Morgan fingerprint density at radius 3 is 2.56 bits per heavy atom. The number of hydrogen-bond acceptors (Lipinski definition) is 7. The molecule has 4 N–H and O–H groups in total. The summed E-state index contributed by atoms with van der Waals surface area (Å²) >= 11 is 0. The van der Waals surface area contributed by atoms with Gasteiger partial charge in [-0.3, -0.25) is 13.9 Å². The van der Waals surface area contributed by atoms with E-state index in [1.54, 1.807) is 30.5 Å². The fourth-order valence-corrected chi connectivity index (χ4v) is 6.47. The van der Waals surface area contributed by atoms with Crippen molar-refractivity contribution < 1.29 is 36.2 Å². The molecule has 3 unspecified atom stereocenters. The van der Waals surface area contributed by atoms with E-state index in [4.69, 9.17) is 5.73 Å². The highest BCUT2D eigenvalue weighted by molar-refractivity contribution is 5.77. The van der Waals surface area contributed by atoms with Crippen LogP contribution in [-0.2, 0) is 23.7 Å². The summed E-state index contributed by atoms with van der Waals surface area (Å²) < 4.78 is 89.1. The number of fused-ring (bicyclic) bond motifs is 4. The zero-order valence-electron chi connectivity index (χ0n) is 26.4. The molecule has 258 valence electrons. The smallest absolute Gasteiger partial charge is 0.293 e. The number of halogens is 6. The van der Waals surface area contributed by atoms with Crippen LogP contribution in [0.15, 0.2) is 48.7 Å². The number of nitrogens with zero attached hydrogens (tertiary/aromatic N) is 6. The molecule has 5 aromatic rings. The molecule has 0 radical (unpaired) electrons. The Morgan fingerprint density at radius 2 is 1.86 bits per heavy atom. The van der Waals surface area contributed by atoms with Gasteiger partial charge in [-0.25, -0.2) is 22.5 Å². The van der Waals surface area contributed by atoms with Crippen molar-refractivity contribution in [1.82, 2.24) is 34.7 Å². The monoisotopic (exact) mass is 694 g/mol. The van der Waals surface area contributed by atoms with Crippen molar-refractivity contribution in [1.29, 1.82) is 0 Å². The highest BCUT2D eigenvalue weighted by Crippen LogP contribution is 2.68. The summed E-state index contributed by atoms with van der Waals surface area (Å²) in [5, 5.41) is 24.5. The Bertz CT molecular complexity index is 2210. The van der Waals surface area contributed by atoms with Gasteiger partial charge in [-0.15, -0.1) is 10.2 Å². The Labute approximate surface area is 280 Å². The Morgan fingerprint density at radius 1 is 1.12 bits per heavy atom. The third-order valence-corrected chi connectivity index (χ3v) is 8.65. The molecule has 0 aliphatic heterocycles. The molecule has 3 atom stereocenters. The number of carbonyl (C=O) groups excluding carboxylic acids is 1. The molecule has 50 heavy (non-hydrogen) atoms. The molecule has 1 amide bonds. The summed E-state index contributed by atoms with van der Waals surface area (Å²) in [6.07, 6.45) is -1.71. The Kier molecular flexibility index (Phi) is 7.85. The van der Waals surface area contributed by atoms with Crippen molar-refractivity contribution in [2.75, 3.05) is 5.73 Å². The molecule has 0 bridgehead atoms. The van der Waals surface area contributed by atoms with Crippen molar-refractivity contribution >= 4 is 17.5 Å². The largest absolute Gasteiger partial charge is 0.378 e. The zero-order valence-corrected chi connectivity index (χ0v) is 26.4. The molecule has 7 rings (SSSR count). The third kappa shape index (κ3) is 6.13. The minimum absolute atomic E-state index is 0.0532. The SMILES string of the molecule is CC(C)(O)C#Cc1ccc(-c2ccc3nnc(N)n3c2)c(C(Cc2cc(F)cc(F)c2)NC(=O)Cn2nc(C(F)F)c3c2C(F)(F)C2CC32)n1. The van der Waals surface area contributed by atoms with Crippen LogP contribution in [0.1, 0.15) is 72.6 Å². The second kappa shape index (κ2) is 11.9. The first-order chi connectivity index (χ1) is 23.6. The van der Waals surface area contributed by atoms with E-state index in [1.807, 2.05) is 0 Å². The minimum atomic E-state index is -3.45. The molecule has 1 saturated carbocycles. The summed E-state index contributed by atoms with van der Waals surface area (Å²) in [6, 6.07) is 8.11. The first-order valence-electron chi connectivity index (χ1n) is 15.5. The summed E-state index contributed by atoms with van der Waals surface area (Å²) in [5.74, 6) is -2.52. The zero-order chi connectivity index (χ0) is 35.7. The fraction of sp³-hybridized carbons (Fsp3) is 0.324. The van der Waals surface area contributed by atoms with E-state index in [0.29, 0.717) is 27.5 Å². The summed E-state index contributed by atoms with van der Waals surface area (Å²) in [7, 11) is 0. The van der Waals surface area contributed by atoms with Crippen molar-refractivity contribution in [3.05, 3.63) is 94.2 Å². The van der Waals surface area contributed by atoms with Gasteiger partial charge in [0.05, 0.1) is 11.7 Å². The van der Waals surface area contributed by atoms with Gasteiger partial charge in [-0.1, -0.05) is 5.92 Å². The fourth-order valence-electron chi connectivity index (χ4n) is 6.47. The van der Waals surface area contributed by atoms with Crippen molar-refractivity contribution in [3.63, 3.8) is 0 Å². The molecule has 0 spiro atoms. The maximum atomic E-state index is 15.2. The predicted molar refractivity (Wildman–Crippen MR) is 167 cm³/mol. The third-order valence-electron chi connectivity index (χ3n) is 8.65. The highest BCUT2D eigenvalue weighted by Gasteiger charge is 2.67. The molecule has 4 aromatic heterocycles. The minimum Gasteiger partial charge on any atom is -0.378 e. The van der Waals surface area contributed by atoms with Gasteiger partial charge in [0.15, 0.2) is 5.65 Å². The number of hydrogen-bond donors (Lipinski definition) is 3. The number of anilines is 1.